The van der Waals surface area contributed by atoms with Crippen LogP contribution in [-0.4, -0.2) is 30.0 Å². The van der Waals surface area contributed by atoms with Gasteiger partial charge < -0.3 is 10.3 Å². The van der Waals surface area contributed by atoms with Crippen molar-refractivity contribution in [3.8, 4) is 0 Å². The highest BCUT2D eigenvalue weighted by molar-refractivity contribution is 7.92. The number of sulfone groups is 1. The summed E-state index contributed by atoms with van der Waals surface area (Å²) in [6.07, 6.45) is 0. The second-order valence-corrected chi connectivity index (χ2v) is 8.09. The first-order valence-corrected chi connectivity index (χ1v) is 9.53. The number of halogens is 1. The Morgan fingerprint density at radius 1 is 1.24 bits per heavy atom. The number of aryl methyl sites for hydroxylation is 1. The van der Waals surface area contributed by atoms with Gasteiger partial charge in [-0.15, -0.1) is 0 Å². The van der Waals surface area contributed by atoms with E-state index in [1.807, 2.05) is 13.0 Å². The number of amides is 1. The molecule has 0 aliphatic carbocycles. The van der Waals surface area contributed by atoms with Crippen LogP contribution in [0.1, 0.15) is 11.1 Å². The van der Waals surface area contributed by atoms with Gasteiger partial charge in [0.1, 0.15) is 5.75 Å². The van der Waals surface area contributed by atoms with Crippen molar-refractivity contribution >= 4 is 44.1 Å². The fraction of sp³-hybridized carbons (Fsp3) is 0.176. The highest BCUT2D eigenvalue weighted by Gasteiger charge is 2.23. The molecule has 2 aromatic carbocycles. The molecule has 1 amide bonds. The Labute approximate surface area is 150 Å². The fourth-order valence-corrected chi connectivity index (χ4v) is 3.65. The zero-order chi connectivity index (χ0) is 18.2. The molecule has 0 fully saturated rings. The summed E-state index contributed by atoms with van der Waals surface area (Å²) in [6, 6.07) is 10.4. The number of carbonyl (C=O) groups is 1. The number of aromatic nitrogens is 2. The van der Waals surface area contributed by atoms with Crippen molar-refractivity contribution in [1.82, 2.24) is 9.97 Å². The van der Waals surface area contributed by atoms with E-state index in [9.17, 15) is 13.2 Å². The third-order valence-corrected chi connectivity index (χ3v) is 5.61. The molecule has 0 aliphatic rings. The van der Waals surface area contributed by atoms with Gasteiger partial charge in [-0.25, -0.2) is 13.4 Å². The van der Waals surface area contributed by atoms with Crippen LogP contribution < -0.4 is 5.32 Å². The molecule has 0 saturated carbocycles. The Morgan fingerprint density at radius 3 is 2.76 bits per heavy atom. The van der Waals surface area contributed by atoms with E-state index in [4.69, 9.17) is 11.6 Å². The minimum Gasteiger partial charge on any atom is -0.329 e. The Kier molecular flexibility index (Phi) is 4.53. The normalized spacial score (nSPS) is 11.6. The highest BCUT2D eigenvalue weighted by atomic mass is 35.5. The molecule has 3 aromatic rings. The Balaban J connectivity index is 1.82. The molecule has 1 aromatic heterocycles. The summed E-state index contributed by atoms with van der Waals surface area (Å²) in [5.74, 6) is -1.36. The van der Waals surface area contributed by atoms with E-state index in [0.29, 0.717) is 27.3 Å². The van der Waals surface area contributed by atoms with Gasteiger partial charge in [0.05, 0.1) is 11.0 Å². The molecule has 130 valence electrons. The number of hydrogen-bond donors (Lipinski definition) is 2. The number of nitrogens with zero attached hydrogens (tertiary/aromatic N) is 1. The lowest BCUT2D eigenvalue weighted by Crippen LogP contribution is -2.24. The van der Waals surface area contributed by atoms with Gasteiger partial charge in [-0.2, -0.15) is 0 Å². The lowest BCUT2D eigenvalue weighted by atomic mass is 10.2. The largest absolute Gasteiger partial charge is 0.329 e. The number of rotatable bonds is 4. The first-order chi connectivity index (χ1) is 11.8. The summed E-state index contributed by atoms with van der Waals surface area (Å²) in [6.45, 7) is 3.64. The van der Waals surface area contributed by atoms with Gasteiger partial charge in [0, 0.05) is 10.7 Å². The van der Waals surface area contributed by atoms with Crippen LogP contribution in [0.4, 0.5) is 5.69 Å². The quantitative estimate of drug-likeness (QED) is 0.730. The molecule has 0 radical (unpaired) electrons. The number of fused-ring (bicyclic) bond motifs is 1. The van der Waals surface area contributed by atoms with Crippen LogP contribution in [-0.2, 0) is 14.6 Å². The third-order valence-electron chi connectivity index (χ3n) is 3.77. The van der Waals surface area contributed by atoms with Crippen molar-refractivity contribution in [3.63, 3.8) is 0 Å². The van der Waals surface area contributed by atoms with Crippen molar-refractivity contribution in [2.45, 2.75) is 19.0 Å². The summed E-state index contributed by atoms with van der Waals surface area (Å²) in [4.78, 5) is 19.0. The fourth-order valence-electron chi connectivity index (χ4n) is 2.42. The Hall–Kier alpha value is -2.38. The number of imidazole rings is 1. The predicted octanol–water partition coefficient (Wildman–Crippen LogP) is 3.25. The van der Waals surface area contributed by atoms with E-state index < -0.39 is 21.5 Å². The average molecular weight is 378 g/mol. The standard InChI is InChI=1S/C17H16ClN3O3S/c1-10-6-7-14-15(8-10)21-17(20-14)25(23,24)9-16(22)19-13-5-3-4-12(18)11(13)2/h3-8H,9H2,1-2H3,(H,19,22)(H,20,21). The van der Waals surface area contributed by atoms with E-state index in [0.717, 1.165) is 5.56 Å². The summed E-state index contributed by atoms with van der Waals surface area (Å²) < 4.78 is 24.9. The lowest BCUT2D eigenvalue weighted by Gasteiger charge is -2.09. The van der Waals surface area contributed by atoms with Crippen molar-refractivity contribution in [2.75, 3.05) is 11.1 Å². The Bertz CT molecular complexity index is 1070. The Morgan fingerprint density at radius 2 is 2.00 bits per heavy atom. The molecule has 0 bridgehead atoms. The lowest BCUT2D eigenvalue weighted by molar-refractivity contribution is -0.113. The van der Waals surface area contributed by atoms with Crippen molar-refractivity contribution in [3.05, 3.63) is 52.5 Å². The molecule has 0 unspecified atom stereocenters. The van der Waals surface area contributed by atoms with Crippen LogP contribution in [0.5, 0.6) is 0 Å². The SMILES string of the molecule is Cc1ccc2nc(S(=O)(=O)CC(=O)Nc3cccc(Cl)c3C)[nH]c2c1. The number of benzene rings is 2. The van der Waals surface area contributed by atoms with E-state index in [2.05, 4.69) is 15.3 Å². The van der Waals surface area contributed by atoms with Crippen LogP contribution in [0.2, 0.25) is 5.02 Å². The van der Waals surface area contributed by atoms with Crippen molar-refractivity contribution in [2.24, 2.45) is 0 Å². The predicted molar refractivity (Wildman–Crippen MR) is 97.7 cm³/mol. The van der Waals surface area contributed by atoms with E-state index in [1.54, 1.807) is 37.3 Å². The van der Waals surface area contributed by atoms with Gasteiger partial charge in [0.25, 0.3) is 0 Å². The zero-order valence-corrected chi connectivity index (χ0v) is 15.2. The van der Waals surface area contributed by atoms with Gasteiger partial charge in [-0.1, -0.05) is 23.7 Å². The van der Waals surface area contributed by atoms with Gasteiger partial charge >= 0.3 is 0 Å². The zero-order valence-electron chi connectivity index (χ0n) is 13.6. The molecule has 8 heteroatoms. The van der Waals surface area contributed by atoms with Gasteiger partial charge in [0.2, 0.25) is 20.9 Å². The van der Waals surface area contributed by atoms with Crippen LogP contribution in [0, 0.1) is 13.8 Å². The molecule has 0 saturated heterocycles. The maximum absolute atomic E-state index is 12.5. The molecule has 0 atom stereocenters. The smallest absolute Gasteiger partial charge is 0.240 e. The molecular formula is C17H16ClN3O3S. The number of hydrogen-bond acceptors (Lipinski definition) is 4. The third kappa shape index (κ3) is 3.67. The number of aromatic amines is 1. The van der Waals surface area contributed by atoms with Crippen molar-refractivity contribution < 1.29 is 13.2 Å². The highest BCUT2D eigenvalue weighted by Crippen LogP contribution is 2.23. The molecule has 6 nitrogen and oxygen atoms in total. The molecule has 1 heterocycles. The van der Waals surface area contributed by atoms with Crippen LogP contribution in [0.3, 0.4) is 0 Å². The first-order valence-electron chi connectivity index (χ1n) is 7.50. The first kappa shape index (κ1) is 17.4. The second kappa shape index (κ2) is 6.50. The minimum atomic E-state index is -3.89. The van der Waals surface area contributed by atoms with Crippen molar-refractivity contribution in [1.29, 1.82) is 0 Å². The van der Waals surface area contributed by atoms with Crippen LogP contribution in [0.25, 0.3) is 11.0 Å². The van der Waals surface area contributed by atoms with E-state index in [1.165, 1.54) is 0 Å². The summed E-state index contributed by atoms with van der Waals surface area (Å²) in [7, 11) is -3.89. The monoisotopic (exact) mass is 377 g/mol. The maximum atomic E-state index is 12.5. The van der Waals surface area contributed by atoms with Gasteiger partial charge in [-0.3, -0.25) is 4.79 Å². The second-order valence-electron chi connectivity index (χ2n) is 5.78. The van der Waals surface area contributed by atoms with Crippen LogP contribution in [0.15, 0.2) is 41.6 Å². The topological polar surface area (TPSA) is 91.9 Å². The summed E-state index contributed by atoms with van der Waals surface area (Å²) >= 11 is 6.00. The molecular weight excluding hydrogens is 362 g/mol. The van der Waals surface area contributed by atoms with E-state index >= 15 is 0 Å². The molecule has 0 aliphatic heterocycles. The summed E-state index contributed by atoms with van der Waals surface area (Å²) in [5.41, 5.74) is 3.29. The number of H-pyrrole nitrogens is 1. The molecule has 0 spiro atoms. The molecule has 3 rings (SSSR count). The molecule has 2 N–H and O–H groups in total. The molecule has 25 heavy (non-hydrogen) atoms. The van der Waals surface area contributed by atoms with Crippen LogP contribution >= 0.6 is 11.6 Å². The average Bonchev–Trinajstić information content (AvgIpc) is 2.95. The number of nitrogens with one attached hydrogen (secondary N) is 2. The minimum absolute atomic E-state index is 0.217. The number of anilines is 1. The van der Waals surface area contributed by atoms with E-state index in [-0.39, 0.29) is 5.16 Å². The number of carbonyl (C=O) groups excluding carboxylic acids is 1. The maximum Gasteiger partial charge on any atom is 0.240 e. The summed E-state index contributed by atoms with van der Waals surface area (Å²) in [5, 5.41) is 2.85. The van der Waals surface area contributed by atoms with Gasteiger partial charge in [-0.05, 0) is 49.2 Å². The van der Waals surface area contributed by atoms with Gasteiger partial charge in [0.15, 0.2) is 0 Å².